The number of nitriles is 1. The van der Waals surface area contributed by atoms with E-state index in [1.165, 1.54) is 0 Å². The van der Waals surface area contributed by atoms with Crippen molar-refractivity contribution in [3.05, 3.63) is 35.4 Å². The minimum atomic E-state index is -0.541. The van der Waals surface area contributed by atoms with Crippen LogP contribution in [-0.4, -0.2) is 5.91 Å². The van der Waals surface area contributed by atoms with Crippen molar-refractivity contribution >= 4 is 5.91 Å². The summed E-state index contributed by atoms with van der Waals surface area (Å²) in [4.78, 5) is 11.6. The second-order valence-electron chi connectivity index (χ2n) is 4.09. The van der Waals surface area contributed by atoms with Gasteiger partial charge in [-0.3, -0.25) is 4.79 Å². The number of rotatable bonds is 5. The Morgan fingerprint density at radius 3 is 2.76 bits per heavy atom. The minimum absolute atomic E-state index is 0.0540. The lowest BCUT2D eigenvalue weighted by atomic mass is 10.0. The van der Waals surface area contributed by atoms with Crippen molar-refractivity contribution in [3.63, 3.8) is 0 Å². The Balaban J connectivity index is 2.70. The minimum Gasteiger partial charge on any atom is -0.337 e. The summed E-state index contributed by atoms with van der Waals surface area (Å²) in [5.74, 6) is -0.0540. The average molecular weight is 230 g/mol. The van der Waals surface area contributed by atoms with Crippen LogP contribution in [0, 0.1) is 18.3 Å². The number of carbonyl (C=O) groups is 1. The largest absolute Gasteiger partial charge is 0.337 e. The Morgan fingerprint density at radius 1 is 1.47 bits per heavy atom. The van der Waals surface area contributed by atoms with E-state index < -0.39 is 6.04 Å². The normalized spacial score (nSPS) is 11.6. The zero-order valence-corrected chi connectivity index (χ0v) is 10.4. The van der Waals surface area contributed by atoms with Gasteiger partial charge in [-0.05, 0) is 24.5 Å². The highest BCUT2D eigenvalue weighted by Gasteiger charge is 2.14. The average Bonchev–Trinajstić information content (AvgIpc) is 2.34. The third-order valence-corrected chi connectivity index (χ3v) is 2.69. The fourth-order valence-electron chi connectivity index (χ4n) is 1.66. The van der Waals surface area contributed by atoms with Crippen LogP contribution in [0.3, 0.4) is 0 Å². The number of benzene rings is 1. The van der Waals surface area contributed by atoms with E-state index >= 15 is 0 Å². The van der Waals surface area contributed by atoms with Crippen molar-refractivity contribution in [2.45, 2.75) is 39.2 Å². The van der Waals surface area contributed by atoms with Gasteiger partial charge in [0.25, 0.3) is 0 Å². The maximum Gasteiger partial charge on any atom is 0.221 e. The number of carbonyl (C=O) groups excluding carboxylic acids is 1. The van der Waals surface area contributed by atoms with Crippen molar-refractivity contribution in [2.24, 2.45) is 0 Å². The Morgan fingerprint density at radius 2 is 2.18 bits per heavy atom. The van der Waals surface area contributed by atoms with Gasteiger partial charge in [0.15, 0.2) is 0 Å². The molecule has 1 unspecified atom stereocenters. The summed E-state index contributed by atoms with van der Waals surface area (Å²) >= 11 is 0. The summed E-state index contributed by atoms with van der Waals surface area (Å²) in [6, 6.07) is 9.22. The first-order valence-electron chi connectivity index (χ1n) is 5.93. The van der Waals surface area contributed by atoms with E-state index in [0.717, 1.165) is 24.0 Å². The first kappa shape index (κ1) is 13.2. The van der Waals surface area contributed by atoms with E-state index in [9.17, 15) is 4.79 Å². The lowest BCUT2D eigenvalue weighted by Gasteiger charge is -2.14. The molecule has 0 heterocycles. The molecule has 0 aliphatic heterocycles. The Hall–Kier alpha value is -1.82. The monoisotopic (exact) mass is 230 g/mol. The topological polar surface area (TPSA) is 52.9 Å². The summed E-state index contributed by atoms with van der Waals surface area (Å²) in [6.07, 6.45) is 2.33. The fraction of sp³-hybridized carbons (Fsp3) is 0.429. The standard InChI is InChI=1S/C14H18N2O/c1-3-4-9-14(17)16-13(10-15)12-8-6-5-7-11(12)2/h5-8,13H,3-4,9H2,1-2H3,(H,16,17). The molecule has 17 heavy (non-hydrogen) atoms. The molecule has 0 aromatic heterocycles. The molecule has 1 rings (SSSR count). The highest BCUT2D eigenvalue weighted by atomic mass is 16.1. The van der Waals surface area contributed by atoms with Gasteiger partial charge >= 0.3 is 0 Å². The van der Waals surface area contributed by atoms with Crippen molar-refractivity contribution in [2.75, 3.05) is 0 Å². The van der Waals surface area contributed by atoms with Gasteiger partial charge in [-0.2, -0.15) is 5.26 Å². The van der Waals surface area contributed by atoms with Gasteiger partial charge in [0.1, 0.15) is 6.04 Å². The molecule has 1 aromatic carbocycles. The zero-order chi connectivity index (χ0) is 12.7. The van der Waals surface area contributed by atoms with E-state index in [1.54, 1.807) is 0 Å². The maximum atomic E-state index is 11.6. The van der Waals surface area contributed by atoms with Gasteiger partial charge in [-0.1, -0.05) is 37.6 Å². The molecule has 0 fully saturated rings. The predicted octanol–water partition coefficient (Wildman–Crippen LogP) is 2.87. The van der Waals surface area contributed by atoms with Crippen LogP contribution in [0.5, 0.6) is 0 Å². The van der Waals surface area contributed by atoms with Crippen LogP contribution in [0.15, 0.2) is 24.3 Å². The van der Waals surface area contributed by atoms with Crippen LogP contribution in [-0.2, 0) is 4.79 Å². The Labute approximate surface area is 102 Å². The van der Waals surface area contributed by atoms with Gasteiger partial charge < -0.3 is 5.32 Å². The molecule has 0 spiro atoms. The van der Waals surface area contributed by atoms with Crippen molar-refractivity contribution in [3.8, 4) is 6.07 Å². The van der Waals surface area contributed by atoms with Gasteiger partial charge in [0, 0.05) is 6.42 Å². The second-order valence-corrected chi connectivity index (χ2v) is 4.09. The summed E-state index contributed by atoms with van der Waals surface area (Å²) in [5, 5.41) is 11.9. The van der Waals surface area contributed by atoms with Crippen molar-refractivity contribution in [1.82, 2.24) is 5.32 Å². The fourth-order valence-corrected chi connectivity index (χ4v) is 1.66. The molecule has 1 amide bonds. The quantitative estimate of drug-likeness (QED) is 0.845. The molecule has 0 saturated carbocycles. The molecule has 0 aliphatic carbocycles. The third-order valence-electron chi connectivity index (χ3n) is 2.69. The van der Waals surface area contributed by atoms with Gasteiger partial charge in [-0.25, -0.2) is 0 Å². The van der Waals surface area contributed by atoms with E-state index in [4.69, 9.17) is 5.26 Å². The molecule has 0 radical (unpaired) electrons. The molecule has 1 aromatic rings. The summed E-state index contributed by atoms with van der Waals surface area (Å²) in [7, 11) is 0. The highest BCUT2D eigenvalue weighted by molar-refractivity contribution is 5.76. The molecule has 0 saturated heterocycles. The van der Waals surface area contributed by atoms with Crippen molar-refractivity contribution < 1.29 is 4.79 Å². The number of amides is 1. The third kappa shape index (κ3) is 3.92. The van der Waals surface area contributed by atoms with E-state index in [2.05, 4.69) is 11.4 Å². The molecular weight excluding hydrogens is 212 g/mol. The Bertz CT molecular complexity index is 420. The highest BCUT2D eigenvalue weighted by Crippen LogP contribution is 2.16. The molecular formula is C14H18N2O. The number of nitrogens with one attached hydrogen (secondary N) is 1. The SMILES string of the molecule is CCCCC(=O)NC(C#N)c1ccccc1C. The number of hydrogen-bond acceptors (Lipinski definition) is 2. The number of nitrogens with zero attached hydrogens (tertiary/aromatic N) is 1. The smallest absolute Gasteiger partial charge is 0.221 e. The number of hydrogen-bond donors (Lipinski definition) is 1. The number of unbranched alkanes of at least 4 members (excludes halogenated alkanes) is 1. The van der Waals surface area contributed by atoms with E-state index in [0.29, 0.717) is 6.42 Å². The van der Waals surface area contributed by atoms with Gasteiger partial charge in [-0.15, -0.1) is 0 Å². The Kier molecular flexibility index (Phi) is 5.22. The second kappa shape index (κ2) is 6.70. The lowest BCUT2D eigenvalue weighted by molar-refractivity contribution is -0.121. The van der Waals surface area contributed by atoms with Crippen LogP contribution in [0.4, 0.5) is 0 Å². The van der Waals surface area contributed by atoms with Crippen LogP contribution >= 0.6 is 0 Å². The van der Waals surface area contributed by atoms with E-state index in [-0.39, 0.29) is 5.91 Å². The van der Waals surface area contributed by atoms with Gasteiger partial charge in [0.2, 0.25) is 5.91 Å². The molecule has 3 heteroatoms. The molecule has 0 aliphatic rings. The summed E-state index contributed by atoms with van der Waals surface area (Å²) in [5.41, 5.74) is 1.90. The summed E-state index contributed by atoms with van der Waals surface area (Å²) < 4.78 is 0. The first-order chi connectivity index (χ1) is 8.19. The van der Waals surface area contributed by atoms with Crippen LogP contribution in [0.2, 0.25) is 0 Å². The molecule has 1 atom stereocenters. The molecule has 3 nitrogen and oxygen atoms in total. The predicted molar refractivity (Wildman–Crippen MR) is 67.2 cm³/mol. The van der Waals surface area contributed by atoms with E-state index in [1.807, 2.05) is 38.1 Å². The zero-order valence-electron chi connectivity index (χ0n) is 10.4. The molecule has 90 valence electrons. The van der Waals surface area contributed by atoms with Crippen molar-refractivity contribution in [1.29, 1.82) is 5.26 Å². The number of aryl methyl sites for hydroxylation is 1. The lowest BCUT2D eigenvalue weighted by Crippen LogP contribution is -2.27. The first-order valence-corrected chi connectivity index (χ1v) is 5.93. The maximum absolute atomic E-state index is 11.6. The van der Waals surface area contributed by atoms with Crippen LogP contribution < -0.4 is 5.32 Å². The summed E-state index contributed by atoms with van der Waals surface area (Å²) in [6.45, 7) is 3.98. The molecule has 1 N–H and O–H groups in total. The molecule has 0 bridgehead atoms. The van der Waals surface area contributed by atoms with Gasteiger partial charge in [0.05, 0.1) is 6.07 Å². The van der Waals surface area contributed by atoms with Crippen LogP contribution in [0.25, 0.3) is 0 Å². The van der Waals surface area contributed by atoms with Crippen LogP contribution in [0.1, 0.15) is 43.4 Å².